The molecule has 0 aromatic heterocycles. The summed E-state index contributed by atoms with van der Waals surface area (Å²) in [7, 11) is -1.72. The van der Waals surface area contributed by atoms with Gasteiger partial charge in [0, 0.05) is 22.5 Å². The number of anilines is 2. The second kappa shape index (κ2) is 9.31. The highest BCUT2D eigenvalue weighted by Crippen LogP contribution is 2.29. The first-order valence-corrected chi connectivity index (χ1v) is 9.54. The van der Waals surface area contributed by atoms with Crippen LogP contribution < -0.4 is 15.3 Å². The summed E-state index contributed by atoms with van der Waals surface area (Å²) < 4.78 is 15.4. The molecule has 0 fully saturated rings. The van der Waals surface area contributed by atoms with Gasteiger partial charge in [0.2, 0.25) is 0 Å². The molecule has 0 saturated carbocycles. The molecule has 10 nitrogen and oxygen atoms in total. The van der Waals surface area contributed by atoms with Gasteiger partial charge in [-0.05, 0) is 50.2 Å². The quantitative estimate of drug-likeness (QED) is 0.347. The topological polar surface area (TPSA) is 140 Å². The van der Waals surface area contributed by atoms with Gasteiger partial charge in [-0.1, -0.05) is 13.2 Å². The Morgan fingerprint density at radius 3 is 2.12 bits per heavy atom. The molecule has 1 heterocycles. The maximum absolute atomic E-state index is 12.5. The van der Waals surface area contributed by atoms with Crippen LogP contribution in [0.5, 0.6) is 11.5 Å². The van der Waals surface area contributed by atoms with E-state index in [1.165, 1.54) is 50.2 Å². The van der Waals surface area contributed by atoms with E-state index in [9.17, 15) is 24.3 Å². The van der Waals surface area contributed by atoms with Crippen molar-refractivity contribution in [3.63, 3.8) is 0 Å². The zero-order valence-electron chi connectivity index (χ0n) is 17.8. The molecule has 0 saturated heterocycles. The summed E-state index contributed by atoms with van der Waals surface area (Å²) in [6, 6.07) is 7.98. The SMILES string of the molecule is C=C(C)C(=O)Nc1ccc(O)c(C(=O)OB2OC(=O)c3cc(NC(=O)C(=C)C)ccc3O2)c1. The Balaban J connectivity index is 1.73. The highest BCUT2D eigenvalue weighted by Gasteiger charge is 2.41. The summed E-state index contributed by atoms with van der Waals surface area (Å²) >= 11 is 0. The molecule has 11 heteroatoms. The van der Waals surface area contributed by atoms with Crippen LogP contribution in [-0.2, 0) is 18.9 Å². The highest BCUT2D eigenvalue weighted by atomic mass is 16.8. The number of fused-ring (bicyclic) bond motifs is 1. The van der Waals surface area contributed by atoms with Crippen LogP contribution in [0, 0.1) is 0 Å². The molecular weight excluding hydrogens is 431 g/mol. The number of hydrogen-bond donors (Lipinski definition) is 3. The zero-order valence-corrected chi connectivity index (χ0v) is 17.8. The lowest BCUT2D eigenvalue weighted by Gasteiger charge is -2.22. The van der Waals surface area contributed by atoms with E-state index >= 15 is 0 Å². The van der Waals surface area contributed by atoms with Gasteiger partial charge in [0.05, 0.1) is 0 Å². The number of phenolic OH excluding ortho intramolecular Hbond substituents is 1. The monoisotopic (exact) mass is 450 g/mol. The minimum Gasteiger partial charge on any atom is -0.507 e. The number of rotatable bonds is 6. The van der Waals surface area contributed by atoms with Crippen LogP contribution in [-0.4, -0.2) is 36.2 Å². The molecule has 2 amide bonds. The Morgan fingerprint density at radius 2 is 1.52 bits per heavy atom. The summed E-state index contributed by atoms with van der Waals surface area (Å²) in [4.78, 5) is 48.4. The van der Waals surface area contributed by atoms with E-state index in [0.717, 1.165) is 0 Å². The van der Waals surface area contributed by atoms with Crippen molar-refractivity contribution in [2.75, 3.05) is 10.6 Å². The lowest BCUT2D eigenvalue weighted by Crippen LogP contribution is -2.39. The Bertz CT molecular complexity index is 1210. The molecule has 1 aliphatic heterocycles. The summed E-state index contributed by atoms with van der Waals surface area (Å²) in [6.07, 6.45) is 0. The van der Waals surface area contributed by atoms with E-state index in [0.29, 0.717) is 5.69 Å². The molecule has 33 heavy (non-hydrogen) atoms. The summed E-state index contributed by atoms with van der Waals surface area (Å²) in [6.45, 7) is 10.1. The van der Waals surface area contributed by atoms with Gasteiger partial charge in [0.15, 0.2) is 0 Å². The maximum atomic E-state index is 12.5. The van der Waals surface area contributed by atoms with Gasteiger partial charge in [-0.15, -0.1) is 0 Å². The Morgan fingerprint density at radius 1 is 0.939 bits per heavy atom. The van der Waals surface area contributed by atoms with Crippen LogP contribution in [0.15, 0.2) is 60.7 Å². The molecule has 2 aromatic rings. The van der Waals surface area contributed by atoms with Crippen LogP contribution >= 0.6 is 0 Å². The number of carbonyl (C=O) groups excluding carboxylic acids is 4. The van der Waals surface area contributed by atoms with Crippen molar-refractivity contribution in [3.05, 3.63) is 71.8 Å². The minimum atomic E-state index is -1.72. The molecule has 168 valence electrons. The predicted octanol–water partition coefficient (Wildman–Crippen LogP) is 2.81. The van der Waals surface area contributed by atoms with Crippen molar-refractivity contribution >= 4 is 42.4 Å². The fraction of sp³-hybridized carbons (Fsp3) is 0.0909. The standard InChI is InChI=1S/C22H19BN2O8/c1-11(2)19(27)24-13-5-7-17(26)15(9-13)21(29)32-23-31-18-8-6-14(25-20(28)12(3)4)10-16(18)22(30)33-23/h5-10,26H,1,3H2,2,4H3,(H,24,27)(H,25,28). The lowest BCUT2D eigenvalue weighted by atomic mass is 10.1. The van der Waals surface area contributed by atoms with Gasteiger partial charge in [-0.3, -0.25) is 9.59 Å². The third-order valence-electron chi connectivity index (χ3n) is 4.34. The average molecular weight is 450 g/mol. The molecule has 3 N–H and O–H groups in total. The van der Waals surface area contributed by atoms with E-state index in [1.807, 2.05) is 0 Å². The number of carbonyl (C=O) groups is 4. The van der Waals surface area contributed by atoms with Crippen LogP contribution in [0.1, 0.15) is 34.6 Å². The number of hydrogen-bond acceptors (Lipinski definition) is 8. The Hall–Kier alpha value is -4.54. The number of nitrogens with one attached hydrogen (secondary N) is 2. The molecule has 1 aliphatic rings. The maximum Gasteiger partial charge on any atom is 0.868 e. The zero-order chi connectivity index (χ0) is 24.3. The van der Waals surface area contributed by atoms with Gasteiger partial charge >= 0.3 is 19.3 Å². The van der Waals surface area contributed by atoms with Gasteiger partial charge in [0.1, 0.15) is 22.6 Å². The van der Waals surface area contributed by atoms with Crippen molar-refractivity contribution in [1.82, 2.24) is 0 Å². The number of benzene rings is 2. The van der Waals surface area contributed by atoms with Crippen LogP contribution in [0.2, 0.25) is 0 Å². The van der Waals surface area contributed by atoms with E-state index in [1.54, 1.807) is 0 Å². The van der Waals surface area contributed by atoms with Crippen molar-refractivity contribution in [2.45, 2.75) is 13.8 Å². The average Bonchev–Trinajstić information content (AvgIpc) is 2.75. The first kappa shape index (κ1) is 23.1. The number of aromatic hydroxyl groups is 1. The molecule has 0 bridgehead atoms. The van der Waals surface area contributed by atoms with Crippen molar-refractivity contribution in [3.8, 4) is 11.5 Å². The normalized spacial score (nSPS) is 11.9. The molecule has 0 spiro atoms. The number of phenols is 1. The Labute approximate surface area is 189 Å². The molecule has 0 unspecified atom stereocenters. The summed E-state index contributed by atoms with van der Waals surface area (Å²) in [5.41, 5.74) is 0.771. The molecule has 0 atom stereocenters. The summed E-state index contributed by atoms with van der Waals surface area (Å²) in [5, 5.41) is 15.1. The fourth-order valence-corrected chi connectivity index (χ4v) is 2.60. The van der Waals surface area contributed by atoms with Crippen molar-refractivity contribution in [1.29, 1.82) is 0 Å². The molecule has 0 radical (unpaired) electrons. The van der Waals surface area contributed by atoms with Gasteiger partial charge in [-0.2, -0.15) is 0 Å². The van der Waals surface area contributed by atoms with Gasteiger partial charge < -0.3 is 29.7 Å². The molecule has 0 aliphatic carbocycles. The second-order valence-corrected chi connectivity index (χ2v) is 7.13. The first-order valence-electron chi connectivity index (χ1n) is 9.54. The summed E-state index contributed by atoms with van der Waals surface area (Å²) in [5.74, 6) is -3.18. The third-order valence-corrected chi connectivity index (χ3v) is 4.34. The van der Waals surface area contributed by atoms with E-state index < -0.39 is 36.8 Å². The predicted molar refractivity (Wildman–Crippen MR) is 119 cm³/mol. The van der Waals surface area contributed by atoms with E-state index in [-0.39, 0.29) is 33.7 Å². The van der Waals surface area contributed by atoms with Crippen molar-refractivity contribution < 1.29 is 38.2 Å². The molecule has 2 aromatic carbocycles. The van der Waals surface area contributed by atoms with Crippen LogP contribution in [0.4, 0.5) is 11.4 Å². The third kappa shape index (κ3) is 5.39. The first-order chi connectivity index (χ1) is 15.5. The van der Waals surface area contributed by atoms with E-state index in [2.05, 4.69) is 23.8 Å². The lowest BCUT2D eigenvalue weighted by molar-refractivity contribution is -0.113. The van der Waals surface area contributed by atoms with Crippen LogP contribution in [0.3, 0.4) is 0 Å². The van der Waals surface area contributed by atoms with Crippen molar-refractivity contribution in [2.24, 2.45) is 0 Å². The highest BCUT2D eigenvalue weighted by molar-refractivity contribution is 6.45. The Kier molecular flexibility index (Phi) is 6.52. The smallest absolute Gasteiger partial charge is 0.507 e. The van der Waals surface area contributed by atoms with Gasteiger partial charge in [-0.25, -0.2) is 9.59 Å². The number of amides is 2. The minimum absolute atomic E-state index is 0.00849. The van der Waals surface area contributed by atoms with E-state index in [4.69, 9.17) is 14.0 Å². The largest absolute Gasteiger partial charge is 0.868 e. The fourth-order valence-electron chi connectivity index (χ4n) is 2.60. The molecular formula is C22H19BN2O8. The van der Waals surface area contributed by atoms with Crippen LogP contribution in [0.25, 0.3) is 0 Å². The second-order valence-electron chi connectivity index (χ2n) is 7.13. The van der Waals surface area contributed by atoms with Gasteiger partial charge in [0.25, 0.3) is 11.8 Å². The molecule has 3 rings (SSSR count).